The lowest BCUT2D eigenvalue weighted by atomic mass is 10.2. The lowest BCUT2D eigenvalue weighted by molar-refractivity contribution is 0.207. The van der Waals surface area contributed by atoms with E-state index in [1.807, 2.05) is 13.8 Å². The van der Waals surface area contributed by atoms with Crippen LogP contribution in [-0.4, -0.2) is 30.9 Å². The van der Waals surface area contributed by atoms with Gasteiger partial charge in [0.25, 0.3) is 0 Å². The molecule has 1 aromatic rings. The van der Waals surface area contributed by atoms with E-state index in [4.69, 9.17) is 9.84 Å². The lowest BCUT2D eigenvalue weighted by Gasteiger charge is -2.15. The molecule has 0 heterocycles. The molecule has 0 aliphatic heterocycles. The van der Waals surface area contributed by atoms with E-state index in [2.05, 4.69) is 5.32 Å². The maximum absolute atomic E-state index is 13.3. The Bertz CT molecular complexity index is 344. The number of benzene rings is 1. The summed E-state index contributed by atoms with van der Waals surface area (Å²) < 4.78 is 18.7. The van der Waals surface area contributed by atoms with Crippen LogP contribution in [0.1, 0.15) is 18.9 Å². The number of hydrogen-bond acceptors (Lipinski definition) is 3. The summed E-state index contributed by atoms with van der Waals surface area (Å²) in [6.07, 6.45) is 0.651. The second kappa shape index (κ2) is 7.25. The normalized spacial score (nSPS) is 12.5. The van der Waals surface area contributed by atoms with Crippen LogP contribution in [0.5, 0.6) is 5.75 Å². The number of aliphatic hydroxyl groups is 1. The van der Waals surface area contributed by atoms with E-state index in [1.54, 1.807) is 12.1 Å². The zero-order valence-electron chi connectivity index (χ0n) is 10.4. The van der Waals surface area contributed by atoms with Crippen molar-refractivity contribution >= 4 is 0 Å². The molecular formula is C13H20FNO2. The first-order chi connectivity index (χ1) is 8.17. The zero-order chi connectivity index (χ0) is 12.7. The Morgan fingerprint density at radius 1 is 1.47 bits per heavy atom. The molecule has 1 aromatic carbocycles. The summed E-state index contributed by atoms with van der Waals surface area (Å²) in [5.74, 6) is -0.0715. The van der Waals surface area contributed by atoms with Crippen LogP contribution in [0.2, 0.25) is 0 Å². The molecule has 0 aliphatic rings. The molecule has 0 saturated heterocycles. The van der Waals surface area contributed by atoms with Gasteiger partial charge in [0.05, 0.1) is 13.2 Å². The number of rotatable bonds is 7. The van der Waals surface area contributed by atoms with Crippen molar-refractivity contribution in [2.45, 2.75) is 26.3 Å². The van der Waals surface area contributed by atoms with E-state index in [-0.39, 0.29) is 24.2 Å². The van der Waals surface area contributed by atoms with Crippen LogP contribution in [0, 0.1) is 12.7 Å². The molecular weight excluding hydrogens is 221 g/mol. The highest BCUT2D eigenvalue weighted by Gasteiger charge is 2.07. The van der Waals surface area contributed by atoms with Gasteiger partial charge in [0.1, 0.15) is 0 Å². The number of hydrogen-bond donors (Lipinski definition) is 2. The van der Waals surface area contributed by atoms with Crippen LogP contribution in [-0.2, 0) is 0 Å². The van der Waals surface area contributed by atoms with Gasteiger partial charge in [0.15, 0.2) is 11.6 Å². The monoisotopic (exact) mass is 241 g/mol. The molecule has 0 radical (unpaired) electrons. The summed E-state index contributed by atoms with van der Waals surface area (Å²) in [7, 11) is 0. The molecule has 3 nitrogen and oxygen atoms in total. The first-order valence-corrected chi connectivity index (χ1v) is 5.90. The number of aliphatic hydroxyl groups excluding tert-OH is 1. The highest BCUT2D eigenvalue weighted by molar-refractivity contribution is 5.29. The molecule has 0 aliphatic carbocycles. The van der Waals surface area contributed by atoms with E-state index in [0.717, 1.165) is 12.1 Å². The van der Waals surface area contributed by atoms with E-state index in [1.165, 1.54) is 6.07 Å². The Morgan fingerprint density at radius 3 is 2.88 bits per heavy atom. The molecule has 0 bridgehead atoms. The predicted molar refractivity (Wildman–Crippen MR) is 65.8 cm³/mol. The van der Waals surface area contributed by atoms with Gasteiger partial charge >= 0.3 is 0 Å². The molecule has 0 amide bonds. The molecule has 0 aromatic heterocycles. The van der Waals surface area contributed by atoms with Gasteiger partial charge < -0.3 is 15.2 Å². The number of likely N-dealkylation sites (N-methyl/N-ethyl adjacent to an activating group) is 1. The average molecular weight is 241 g/mol. The molecule has 2 N–H and O–H groups in total. The number of aryl methyl sites for hydroxylation is 1. The van der Waals surface area contributed by atoms with Crippen LogP contribution in [0.3, 0.4) is 0 Å². The maximum Gasteiger partial charge on any atom is 0.165 e. The van der Waals surface area contributed by atoms with E-state index < -0.39 is 0 Å². The van der Waals surface area contributed by atoms with Crippen LogP contribution >= 0.6 is 0 Å². The molecule has 17 heavy (non-hydrogen) atoms. The van der Waals surface area contributed by atoms with Gasteiger partial charge in [-0.05, 0) is 37.6 Å². The van der Waals surface area contributed by atoms with Gasteiger partial charge in [-0.1, -0.05) is 13.0 Å². The van der Waals surface area contributed by atoms with Crippen molar-refractivity contribution < 1.29 is 14.2 Å². The third-order valence-corrected chi connectivity index (χ3v) is 2.52. The third kappa shape index (κ3) is 4.71. The van der Waals surface area contributed by atoms with Crippen molar-refractivity contribution in [3.8, 4) is 5.75 Å². The highest BCUT2D eigenvalue weighted by atomic mass is 19.1. The van der Waals surface area contributed by atoms with E-state index >= 15 is 0 Å². The summed E-state index contributed by atoms with van der Waals surface area (Å²) in [5, 5.41) is 12.2. The third-order valence-electron chi connectivity index (χ3n) is 2.52. The lowest BCUT2D eigenvalue weighted by Crippen LogP contribution is -2.33. The smallest absolute Gasteiger partial charge is 0.165 e. The minimum Gasteiger partial charge on any atom is -0.490 e. The number of ether oxygens (including phenoxy) is 1. The van der Waals surface area contributed by atoms with Crippen molar-refractivity contribution in [2.24, 2.45) is 0 Å². The topological polar surface area (TPSA) is 41.5 Å². The zero-order valence-corrected chi connectivity index (χ0v) is 10.4. The fraction of sp³-hybridized carbons (Fsp3) is 0.538. The van der Waals surface area contributed by atoms with Crippen molar-refractivity contribution in [1.82, 2.24) is 5.32 Å². The summed E-state index contributed by atoms with van der Waals surface area (Å²) in [6.45, 7) is 5.11. The molecule has 0 spiro atoms. The molecule has 1 unspecified atom stereocenters. The minimum atomic E-state index is -0.348. The van der Waals surface area contributed by atoms with Gasteiger partial charge in [-0.25, -0.2) is 4.39 Å². The quantitative estimate of drug-likeness (QED) is 0.765. The summed E-state index contributed by atoms with van der Waals surface area (Å²) in [5.41, 5.74) is 0.965. The molecule has 4 heteroatoms. The second-order valence-electron chi connectivity index (χ2n) is 4.01. The Morgan fingerprint density at radius 2 is 2.24 bits per heavy atom. The summed E-state index contributed by atoms with van der Waals surface area (Å²) >= 11 is 0. The highest BCUT2D eigenvalue weighted by Crippen LogP contribution is 2.18. The van der Waals surface area contributed by atoms with Crippen molar-refractivity contribution in [2.75, 3.05) is 19.8 Å². The van der Waals surface area contributed by atoms with Crippen LogP contribution in [0.25, 0.3) is 0 Å². The number of halogens is 1. The van der Waals surface area contributed by atoms with Gasteiger partial charge in [0.2, 0.25) is 0 Å². The standard InChI is InChI=1S/C13H20FNO2/c1-3-15-11(9-16)6-7-17-13-8-10(2)4-5-12(13)14/h4-5,8,11,15-16H,3,6-7,9H2,1-2H3. The molecule has 0 fully saturated rings. The van der Waals surface area contributed by atoms with E-state index in [9.17, 15) is 4.39 Å². The Balaban J connectivity index is 2.42. The maximum atomic E-state index is 13.3. The van der Waals surface area contributed by atoms with Crippen molar-refractivity contribution in [3.63, 3.8) is 0 Å². The Labute approximate surface area is 102 Å². The van der Waals surface area contributed by atoms with E-state index in [0.29, 0.717) is 13.0 Å². The predicted octanol–water partition coefficient (Wildman–Crippen LogP) is 1.87. The number of nitrogens with one attached hydrogen (secondary N) is 1. The first-order valence-electron chi connectivity index (χ1n) is 5.90. The fourth-order valence-corrected chi connectivity index (χ4v) is 1.58. The molecule has 0 saturated carbocycles. The van der Waals surface area contributed by atoms with Crippen LogP contribution in [0.4, 0.5) is 4.39 Å². The second-order valence-corrected chi connectivity index (χ2v) is 4.01. The van der Waals surface area contributed by atoms with Gasteiger partial charge in [0, 0.05) is 6.04 Å². The van der Waals surface area contributed by atoms with Crippen LogP contribution in [0.15, 0.2) is 18.2 Å². The molecule has 1 atom stereocenters. The average Bonchev–Trinajstić information content (AvgIpc) is 2.32. The molecule has 1 rings (SSSR count). The fourth-order valence-electron chi connectivity index (χ4n) is 1.58. The van der Waals surface area contributed by atoms with Gasteiger partial charge in [-0.15, -0.1) is 0 Å². The minimum absolute atomic E-state index is 0.00729. The largest absolute Gasteiger partial charge is 0.490 e. The Hall–Kier alpha value is -1.13. The Kier molecular flexibility index (Phi) is 5.94. The SMILES string of the molecule is CCNC(CO)CCOc1cc(C)ccc1F. The van der Waals surface area contributed by atoms with Gasteiger partial charge in [-0.2, -0.15) is 0 Å². The van der Waals surface area contributed by atoms with Crippen LogP contribution < -0.4 is 10.1 Å². The van der Waals surface area contributed by atoms with Gasteiger partial charge in [-0.3, -0.25) is 0 Å². The first kappa shape index (κ1) is 13.9. The van der Waals surface area contributed by atoms with Crippen molar-refractivity contribution in [1.29, 1.82) is 0 Å². The van der Waals surface area contributed by atoms with Crippen molar-refractivity contribution in [3.05, 3.63) is 29.6 Å². The molecule has 96 valence electrons. The summed E-state index contributed by atoms with van der Waals surface area (Å²) in [4.78, 5) is 0. The summed E-state index contributed by atoms with van der Waals surface area (Å²) in [6, 6.07) is 4.79.